The molecule has 4 heteroatoms. The van der Waals surface area contributed by atoms with Gasteiger partial charge in [-0.25, -0.2) is 0 Å². The molecule has 0 unspecified atom stereocenters. The summed E-state index contributed by atoms with van der Waals surface area (Å²) in [7, 11) is 0. The molecule has 7 aromatic carbocycles. The fourth-order valence-electron chi connectivity index (χ4n) is 5.63. The molecule has 0 aliphatic rings. The van der Waals surface area contributed by atoms with Gasteiger partial charge in [-0.05, 0) is 47.0 Å². The van der Waals surface area contributed by atoms with Crippen molar-refractivity contribution in [3.05, 3.63) is 194 Å². The summed E-state index contributed by atoms with van der Waals surface area (Å²) in [6, 6.07) is 60.3. The van der Waals surface area contributed by atoms with E-state index in [1.807, 2.05) is 170 Å². The van der Waals surface area contributed by atoms with E-state index in [0.717, 1.165) is 33.4 Å². The van der Waals surface area contributed by atoms with Gasteiger partial charge < -0.3 is 19.3 Å². The van der Waals surface area contributed by atoms with E-state index in [-0.39, 0.29) is 5.75 Å². The minimum Gasteiger partial charge on any atom is -0.507 e. The number of phenolic OH excluding ortho intramolecular Hbond substituents is 1. The van der Waals surface area contributed by atoms with E-state index in [1.165, 1.54) is 0 Å². The predicted octanol–water partition coefficient (Wildman–Crippen LogP) is 10.7. The summed E-state index contributed by atoms with van der Waals surface area (Å²) >= 11 is 0. The van der Waals surface area contributed by atoms with Crippen LogP contribution < -0.4 is 14.2 Å². The largest absolute Gasteiger partial charge is 0.507 e. The van der Waals surface area contributed by atoms with Crippen molar-refractivity contribution in [2.75, 3.05) is 0 Å². The van der Waals surface area contributed by atoms with Crippen molar-refractivity contribution < 1.29 is 19.3 Å². The Hall–Kier alpha value is -6.26. The Labute approximate surface area is 274 Å². The molecular weight excluding hydrogens is 580 g/mol. The minimum atomic E-state index is -1.99. The maximum atomic E-state index is 11.5. The molecule has 0 amide bonds. The number of phenols is 1. The van der Waals surface area contributed by atoms with Gasteiger partial charge in [-0.2, -0.15) is 0 Å². The van der Waals surface area contributed by atoms with Crippen LogP contribution in [0, 0.1) is 0 Å². The van der Waals surface area contributed by atoms with Crippen molar-refractivity contribution in [1.29, 1.82) is 0 Å². The van der Waals surface area contributed by atoms with Crippen LogP contribution in [0.2, 0.25) is 0 Å². The quantitative estimate of drug-likeness (QED) is 0.156. The normalized spacial score (nSPS) is 11.1. The highest BCUT2D eigenvalue weighted by Crippen LogP contribution is 2.44. The van der Waals surface area contributed by atoms with Gasteiger partial charge in [0.2, 0.25) is 0 Å². The summed E-state index contributed by atoms with van der Waals surface area (Å²) in [5.41, 5.74) is 5.71. The molecule has 0 atom stereocenters. The monoisotopic (exact) mass is 612 g/mol. The molecule has 0 bridgehead atoms. The number of hydrogen-bond donors (Lipinski definition) is 1. The first kappa shape index (κ1) is 29.5. The number of hydrogen-bond acceptors (Lipinski definition) is 4. The van der Waals surface area contributed by atoms with Crippen LogP contribution in [0.15, 0.2) is 188 Å². The smallest absolute Gasteiger partial charge is 0.451 e. The number of benzene rings is 7. The lowest BCUT2D eigenvalue weighted by Crippen LogP contribution is -2.45. The third-order valence-electron chi connectivity index (χ3n) is 7.88. The number of aromatic hydroxyl groups is 1. The predicted molar refractivity (Wildman–Crippen MR) is 187 cm³/mol. The molecule has 0 aromatic heterocycles. The van der Waals surface area contributed by atoms with Crippen LogP contribution in [0.5, 0.6) is 23.0 Å². The molecule has 7 aromatic rings. The van der Waals surface area contributed by atoms with E-state index in [2.05, 4.69) is 0 Å². The van der Waals surface area contributed by atoms with Crippen molar-refractivity contribution in [1.82, 2.24) is 0 Å². The van der Waals surface area contributed by atoms with Crippen molar-refractivity contribution in [2.45, 2.75) is 5.97 Å². The fraction of sp³-hybridized carbons (Fsp3) is 0.0233. The van der Waals surface area contributed by atoms with E-state index in [9.17, 15) is 5.11 Å². The Morgan fingerprint density at radius 1 is 0.319 bits per heavy atom. The highest BCUT2D eigenvalue weighted by Gasteiger charge is 2.45. The van der Waals surface area contributed by atoms with Gasteiger partial charge in [0, 0.05) is 16.7 Å². The third kappa shape index (κ3) is 6.31. The molecule has 0 fully saturated rings. The summed E-state index contributed by atoms with van der Waals surface area (Å²) in [6.07, 6.45) is 0. The summed E-state index contributed by atoms with van der Waals surface area (Å²) in [4.78, 5) is 0. The van der Waals surface area contributed by atoms with Gasteiger partial charge in [0.15, 0.2) is 0 Å². The second-order valence-electron chi connectivity index (χ2n) is 11.0. The molecule has 0 heterocycles. The van der Waals surface area contributed by atoms with Gasteiger partial charge in [0.1, 0.15) is 28.6 Å². The highest BCUT2D eigenvalue weighted by molar-refractivity contribution is 5.73. The first-order valence-electron chi connectivity index (χ1n) is 15.5. The van der Waals surface area contributed by atoms with Crippen molar-refractivity contribution in [3.63, 3.8) is 0 Å². The molecular formula is C43H32O4. The molecule has 7 rings (SSSR count). The molecule has 0 radical (unpaired) electrons. The van der Waals surface area contributed by atoms with E-state index in [4.69, 9.17) is 14.2 Å². The van der Waals surface area contributed by atoms with Crippen molar-refractivity contribution >= 4 is 0 Å². The van der Waals surface area contributed by atoms with E-state index >= 15 is 0 Å². The Morgan fingerprint density at radius 2 is 0.617 bits per heavy atom. The molecule has 1 N–H and O–H groups in total. The molecule has 228 valence electrons. The maximum absolute atomic E-state index is 11.5. The van der Waals surface area contributed by atoms with Gasteiger partial charge in [-0.15, -0.1) is 0 Å². The molecule has 0 aliphatic heterocycles. The lowest BCUT2D eigenvalue weighted by molar-refractivity contribution is -0.263. The van der Waals surface area contributed by atoms with Gasteiger partial charge in [0.05, 0.1) is 0 Å². The van der Waals surface area contributed by atoms with Crippen LogP contribution >= 0.6 is 0 Å². The molecule has 4 nitrogen and oxygen atoms in total. The third-order valence-corrected chi connectivity index (χ3v) is 7.88. The fourth-order valence-corrected chi connectivity index (χ4v) is 5.63. The number of para-hydroxylation sites is 4. The zero-order valence-corrected chi connectivity index (χ0v) is 25.6. The molecule has 0 spiro atoms. The number of ether oxygens (including phenoxy) is 3. The van der Waals surface area contributed by atoms with E-state index in [0.29, 0.717) is 22.8 Å². The summed E-state index contributed by atoms with van der Waals surface area (Å²) in [5, 5.41) is 11.5. The van der Waals surface area contributed by atoms with Gasteiger partial charge in [-0.1, -0.05) is 158 Å². The van der Waals surface area contributed by atoms with Crippen LogP contribution in [0.3, 0.4) is 0 Å². The molecule has 0 saturated heterocycles. The van der Waals surface area contributed by atoms with Gasteiger partial charge in [-0.3, -0.25) is 0 Å². The second-order valence-corrected chi connectivity index (χ2v) is 11.0. The van der Waals surface area contributed by atoms with Gasteiger partial charge >= 0.3 is 5.97 Å². The summed E-state index contributed by atoms with van der Waals surface area (Å²) in [6.45, 7) is 0. The summed E-state index contributed by atoms with van der Waals surface area (Å²) < 4.78 is 21.1. The Balaban J connectivity index is 1.47. The lowest BCUT2D eigenvalue weighted by Gasteiger charge is -2.36. The summed E-state index contributed by atoms with van der Waals surface area (Å²) in [5.74, 6) is -0.505. The van der Waals surface area contributed by atoms with Crippen molar-refractivity contribution in [2.24, 2.45) is 0 Å². The van der Waals surface area contributed by atoms with Crippen LogP contribution in [0.1, 0.15) is 5.56 Å². The van der Waals surface area contributed by atoms with Crippen molar-refractivity contribution in [3.8, 4) is 56.4 Å². The van der Waals surface area contributed by atoms with Crippen LogP contribution in [0.25, 0.3) is 33.4 Å². The first-order chi connectivity index (χ1) is 23.2. The standard InChI is InChI=1S/C43H32O4/c44-39-28-14-13-27-38(39)43(45-40-29-15-10-24-35(40)32-18-4-1-5-19-32,46-41-30-16-11-25-36(41)33-20-6-2-7-21-33)47-42-31-17-12-26-37(42)34-22-8-3-9-23-34/h1-31,44H. The average Bonchev–Trinajstić information content (AvgIpc) is 3.13. The lowest BCUT2D eigenvalue weighted by atomic mass is 10.0. The first-order valence-corrected chi connectivity index (χ1v) is 15.5. The zero-order chi connectivity index (χ0) is 31.9. The highest BCUT2D eigenvalue weighted by atomic mass is 16.9. The number of rotatable bonds is 10. The van der Waals surface area contributed by atoms with Crippen LogP contribution in [-0.4, -0.2) is 5.11 Å². The Kier molecular flexibility index (Phi) is 8.39. The SMILES string of the molecule is Oc1ccccc1C(Oc1ccccc1-c1ccccc1)(Oc1ccccc1-c1ccccc1)Oc1ccccc1-c1ccccc1. The van der Waals surface area contributed by atoms with E-state index < -0.39 is 5.97 Å². The maximum Gasteiger partial charge on any atom is 0.451 e. The molecule has 47 heavy (non-hydrogen) atoms. The van der Waals surface area contributed by atoms with Gasteiger partial charge in [0.25, 0.3) is 0 Å². The van der Waals surface area contributed by atoms with E-state index in [1.54, 1.807) is 18.2 Å². The Bertz CT molecular complexity index is 1870. The average molecular weight is 613 g/mol. The van der Waals surface area contributed by atoms with Crippen LogP contribution in [-0.2, 0) is 5.97 Å². The molecule has 0 saturated carbocycles. The second kappa shape index (κ2) is 13.4. The molecule has 0 aliphatic carbocycles. The topological polar surface area (TPSA) is 47.9 Å². The zero-order valence-electron chi connectivity index (χ0n) is 25.6. The van der Waals surface area contributed by atoms with Crippen LogP contribution in [0.4, 0.5) is 0 Å². The minimum absolute atomic E-state index is 0.0425. The Morgan fingerprint density at radius 3 is 0.979 bits per heavy atom.